The molecule has 0 radical (unpaired) electrons. The van der Waals surface area contributed by atoms with Gasteiger partial charge < -0.3 is 28.5 Å². The molecule has 0 saturated carbocycles. The molecular formula is C29H32NO7S2+. The van der Waals surface area contributed by atoms with Gasteiger partial charge in [-0.1, -0.05) is 24.3 Å². The number of thiophene rings is 2. The van der Waals surface area contributed by atoms with Gasteiger partial charge in [0.25, 0.3) is 0 Å². The van der Waals surface area contributed by atoms with Crippen LogP contribution in [0.2, 0.25) is 0 Å². The summed E-state index contributed by atoms with van der Waals surface area (Å²) >= 11 is 2.69. The third kappa shape index (κ3) is 4.78. The lowest BCUT2D eigenvalue weighted by Crippen LogP contribution is -2.62. The smallest absolute Gasteiger partial charge is 0.349 e. The molecule has 6 rings (SSSR count). The third-order valence-corrected chi connectivity index (χ3v) is 10.2. The summed E-state index contributed by atoms with van der Waals surface area (Å²) in [5.74, 6) is -0.376. The van der Waals surface area contributed by atoms with Crippen molar-refractivity contribution in [3.8, 4) is 5.75 Å². The number of morpholine rings is 1. The van der Waals surface area contributed by atoms with E-state index >= 15 is 0 Å². The lowest BCUT2D eigenvalue weighted by atomic mass is 9.93. The third-order valence-electron chi connectivity index (χ3n) is 8.25. The Morgan fingerprint density at radius 1 is 1.05 bits per heavy atom. The number of hydrogen-bond donors (Lipinski definition) is 1. The van der Waals surface area contributed by atoms with Gasteiger partial charge in [0, 0.05) is 18.4 Å². The van der Waals surface area contributed by atoms with E-state index in [0.717, 1.165) is 16.6 Å². The SMILES string of the molecule is CCOC(=O)COc1cccc(C[N+]2(C)[C@@H]3CC(OC(=O)C(O)(c4cccs4)c4cccs4)C[C@H]2[C@@H]2O[C@@H]23)c1. The number of piperidine rings is 1. The Morgan fingerprint density at radius 3 is 2.31 bits per heavy atom. The number of aliphatic hydroxyl groups is 1. The van der Waals surface area contributed by atoms with Gasteiger partial charge in [-0.2, -0.15) is 0 Å². The molecule has 3 aromatic rings. The first-order chi connectivity index (χ1) is 18.8. The molecule has 1 aromatic carbocycles. The average molecular weight is 571 g/mol. The molecule has 2 unspecified atom stereocenters. The zero-order valence-electron chi connectivity index (χ0n) is 21.9. The molecule has 0 amide bonds. The van der Waals surface area contributed by atoms with E-state index in [-0.39, 0.29) is 43.0 Å². The van der Waals surface area contributed by atoms with E-state index in [1.807, 2.05) is 41.1 Å². The number of likely N-dealkylation sites (N-methyl/N-ethyl adjacent to an activating group) is 1. The molecule has 206 valence electrons. The summed E-state index contributed by atoms with van der Waals surface area (Å²) in [5, 5.41) is 15.4. The van der Waals surface area contributed by atoms with Gasteiger partial charge in [-0.3, -0.25) is 0 Å². The molecule has 3 aliphatic rings. The maximum atomic E-state index is 13.6. The van der Waals surface area contributed by atoms with Gasteiger partial charge in [0.15, 0.2) is 6.61 Å². The van der Waals surface area contributed by atoms with Gasteiger partial charge in [0.2, 0.25) is 5.60 Å². The molecule has 8 nitrogen and oxygen atoms in total. The van der Waals surface area contributed by atoms with Crippen LogP contribution in [0, 0.1) is 0 Å². The molecule has 3 saturated heterocycles. The van der Waals surface area contributed by atoms with Crippen molar-refractivity contribution in [3.63, 3.8) is 0 Å². The number of nitrogens with zero attached hydrogens (tertiary/aromatic N) is 1. The van der Waals surface area contributed by atoms with E-state index in [4.69, 9.17) is 18.9 Å². The summed E-state index contributed by atoms with van der Waals surface area (Å²) in [5.41, 5.74) is -0.698. The van der Waals surface area contributed by atoms with E-state index in [0.29, 0.717) is 35.0 Å². The second kappa shape index (κ2) is 10.3. The molecule has 2 bridgehead atoms. The maximum Gasteiger partial charge on any atom is 0.349 e. The van der Waals surface area contributed by atoms with Crippen molar-refractivity contribution in [2.45, 2.75) is 62.3 Å². The second-order valence-electron chi connectivity index (χ2n) is 10.6. The molecule has 39 heavy (non-hydrogen) atoms. The largest absolute Gasteiger partial charge is 0.482 e. The first-order valence-corrected chi connectivity index (χ1v) is 15.0. The van der Waals surface area contributed by atoms with Crippen LogP contribution in [0.25, 0.3) is 0 Å². The van der Waals surface area contributed by atoms with Crippen LogP contribution in [-0.2, 0) is 35.9 Å². The van der Waals surface area contributed by atoms with Crippen LogP contribution in [0.3, 0.4) is 0 Å². The molecule has 1 N–H and O–H groups in total. The van der Waals surface area contributed by atoms with Gasteiger partial charge in [-0.25, -0.2) is 9.59 Å². The number of fused-ring (bicyclic) bond motifs is 5. The Morgan fingerprint density at radius 2 is 1.72 bits per heavy atom. The summed E-state index contributed by atoms with van der Waals surface area (Å²) in [6, 6.07) is 15.4. The number of carbonyl (C=O) groups is 2. The fourth-order valence-corrected chi connectivity index (χ4v) is 8.10. The Labute approximate surface area is 235 Å². The highest BCUT2D eigenvalue weighted by atomic mass is 32.1. The van der Waals surface area contributed by atoms with Crippen LogP contribution in [0.4, 0.5) is 0 Å². The van der Waals surface area contributed by atoms with E-state index < -0.39 is 11.6 Å². The molecular weight excluding hydrogens is 538 g/mol. The minimum atomic E-state index is -1.81. The summed E-state index contributed by atoms with van der Waals surface area (Å²) in [6.07, 6.45) is 1.36. The highest BCUT2D eigenvalue weighted by Crippen LogP contribution is 2.54. The number of rotatable bonds is 10. The highest BCUT2D eigenvalue weighted by Gasteiger charge is 2.72. The van der Waals surface area contributed by atoms with Gasteiger partial charge in [-0.05, 0) is 41.9 Å². The number of epoxide rings is 1. The Balaban J connectivity index is 1.15. The lowest BCUT2D eigenvalue weighted by Gasteiger charge is -2.48. The predicted octanol–water partition coefficient (Wildman–Crippen LogP) is 3.86. The summed E-state index contributed by atoms with van der Waals surface area (Å²) in [7, 11) is 2.25. The number of hydrogen-bond acceptors (Lipinski definition) is 9. The molecule has 0 spiro atoms. The fourth-order valence-electron chi connectivity index (χ4n) is 6.39. The lowest BCUT2D eigenvalue weighted by molar-refractivity contribution is -0.968. The number of carbonyl (C=O) groups excluding carboxylic acids is 2. The topological polar surface area (TPSA) is 94.6 Å². The Bertz CT molecular complexity index is 1270. The number of ether oxygens (including phenoxy) is 4. The molecule has 3 aliphatic heterocycles. The summed E-state index contributed by atoms with van der Waals surface area (Å²) in [4.78, 5) is 26.4. The molecule has 0 aliphatic carbocycles. The number of esters is 2. The van der Waals surface area contributed by atoms with Gasteiger partial charge in [0.05, 0.1) is 23.4 Å². The van der Waals surface area contributed by atoms with E-state index in [2.05, 4.69) is 13.1 Å². The maximum absolute atomic E-state index is 13.6. The van der Waals surface area contributed by atoms with E-state index in [9.17, 15) is 14.7 Å². The van der Waals surface area contributed by atoms with Crippen LogP contribution < -0.4 is 4.74 Å². The number of quaternary nitrogens is 1. The minimum Gasteiger partial charge on any atom is -0.482 e. The van der Waals surface area contributed by atoms with Crippen LogP contribution in [0.5, 0.6) is 5.75 Å². The predicted molar refractivity (Wildman–Crippen MR) is 145 cm³/mol. The van der Waals surface area contributed by atoms with Gasteiger partial charge in [0.1, 0.15) is 42.7 Å². The van der Waals surface area contributed by atoms with Crippen molar-refractivity contribution in [3.05, 3.63) is 74.6 Å². The molecule has 5 heterocycles. The van der Waals surface area contributed by atoms with Crippen molar-refractivity contribution in [2.75, 3.05) is 20.3 Å². The summed E-state index contributed by atoms with van der Waals surface area (Å²) < 4.78 is 23.5. The molecule has 2 aromatic heterocycles. The van der Waals surface area contributed by atoms with Crippen molar-refractivity contribution < 1.29 is 38.1 Å². The second-order valence-corrected chi connectivity index (χ2v) is 12.5. The van der Waals surface area contributed by atoms with Gasteiger partial charge in [-0.15, -0.1) is 22.7 Å². The van der Waals surface area contributed by atoms with Crippen LogP contribution in [0.15, 0.2) is 59.3 Å². The van der Waals surface area contributed by atoms with Crippen LogP contribution >= 0.6 is 22.7 Å². The quantitative estimate of drug-likeness (QED) is 0.225. The van der Waals surface area contributed by atoms with Crippen LogP contribution in [0.1, 0.15) is 35.1 Å². The molecule has 10 heteroatoms. The molecule has 6 atom stereocenters. The van der Waals surface area contributed by atoms with Crippen molar-refractivity contribution in [2.24, 2.45) is 0 Å². The number of benzene rings is 1. The highest BCUT2D eigenvalue weighted by molar-refractivity contribution is 7.12. The Hall–Kier alpha value is -2.76. The van der Waals surface area contributed by atoms with Gasteiger partial charge >= 0.3 is 11.9 Å². The standard InChI is InChI=1S/C29H32NO7S2/c1-3-34-25(31)17-35-19-8-4-7-18(13-19)16-30(2)21-14-20(15-22(30)27-26(21)37-27)36-28(32)29(33,23-9-5-11-38-23)24-10-6-12-39-24/h4-13,20-22,26-27,33H,3,14-17H2,1-2H3/q+1/t20?,21-,22+,26-,27+,30?. The zero-order chi connectivity index (χ0) is 27.2. The Kier molecular flexibility index (Phi) is 7.01. The fraction of sp³-hybridized carbons (Fsp3) is 0.448. The summed E-state index contributed by atoms with van der Waals surface area (Å²) in [6.45, 7) is 2.74. The van der Waals surface area contributed by atoms with E-state index in [1.54, 1.807) is 19.1 Å². The first kappa shape index (κ1) is 26.5. The van der Waals surface area contributed by atoms with Crippen LogP contribution in [-0.4, -0.2) is 72.2 Å². The zero-order valence-corrected chi connectivity index (χ0v) is 23.5. The first-order valence-electron chi connectivity index (χ1n) is 13.2. The van der Waals surface area contributed by atoms with Crippen molar-refractivity contribution >= 4 is 34.6 Å². The normalized spacial score (nSPS) is 28.9. The molecule has 3 fully saturated rings. The average Bonchev–Trinajstić information content (AvgIpc) is 3.25. The van der Waals surface area contributed by atoms with Crippen molar-refractivity contribution in [1.29, 1.82) is 0 Å². The van der Waals surface area contributed by atoms with E-state index in [1.165, 1.54) is 22.7 Å². The minimum absolute atomic E-state index is 0.122. The monoisotopic (exact) mass is 570 g/mol. The van der Waals surface area contributed by atoms with Crippen molar-refractivity contribution in [1.82, 2.24) is 0 Å².